The zero-order valence-electron chi connectivity index (χ0n) is 23.6. The van der Waals surface area contributed by atoms with Gasteiger partial charge in [0.2, 0.25) is 0 Å². The average molecular weight is 583 g/mol. The van der Waals surface area contributed by atoms with Crippen LogP contribution in [0.15, 0.2) is 97.1 Å². The highest BCUT2D eigenvalue weighted by Gasteiger charge is 2.23. The topological polar surface area (TPSA) is 107 Å². The lowest BCUT2D eigenvalue weighted by Crippen LogP contribution is -2.41. The molecule has 0 bridgehead atoms. The molecule has 0 aliphatic heterocycles. The van der Waals surface area contributed by atoms with E-state index in [1.165, 1.54) is 11.8 Å². The van der Waals surface area contributed by atoms with E-state index in [9.17, 15) is 24.6 Å². The number of para-hydroxylation sites is 1. The Morgan fingerprint density at radius 3 is 2.10 bits per heavy atom. The van der Waals surface area contributed by atoms with E-state index in [0.717, 1.165) is 33.5 Å². The van der Waals surface area contributed by atoms with Crippen LogP contribution in [0.3, 0.4) is 0 Å². The Balaban J connectivity index is 1.69. The second-order valence-electron chi connectivity index (χ2n) is 10.0. The van der Waals surface area contributed by atoms with Crippen molar-refractivity contribution in [1.82, 2.24) is 5.32 Å². The summed E-state index contributed by atoms with van der Waals surface area (Å²) in [6.07, 6.45) is 2.24. The highest BCUT2D eigenvalue weighted by atomic mass is 32.2. The lowest BCUT2D eigenvalue weighted by atomic mass is 9.93. The Labute approximate surface area is 250 Å². The van der Waals surface area contributed by atoms with Crippen LogP contribution >= 0.6 is 11.8 Å². The molecule has 0 saturated carbocycles. The first-order chi connectivity index (χ1) is 20.3. The number of aryl methyl sites for hydroxylation is 1. The summed E-state index contributed by atoms with van der Waals surface area (Å²) in [5, 5.41) is 21.7. The first-order valence-electron chi connectivity index (χ1n) is 13.6. The summed E-state index contributed by atoms with van der Waals surface area (Å²) in [5.41, 5.74) is 6.21. The molecule has 3 N–H and O–H groups in total. The van der Waals surface area contributed by atoms with E-state index in [1.54, 1.807) is 18.2 Å². The first-order valence-corrected chi connectivity index (χ1v) is 15.0. The molecule has 0 unspecified atom stereocenters. The maximum Gasteiger partial charge on any atom is 0.335 e. The summed E-state index contributed by atoms with van der Waals surface area (Å²) in [5.74, 6) is -1.82. The molecule has 0 spiro atoms. The normalized spacial score (nSPS) is 11.5. The van der Waals surface area contributed by atoms with Gasteiger partial charge in [-0.3, -0.25) is 4.79 Å². The van der Waals surface area contributed by atoms with Gasteiger partial charge in [-0.25, -0.2) is 9.59 Å². The van der Waals surface area contributed by atoms with Crippen LogP contribution in [0, 0.1) is 6.92 Å². The number of thioether (sulfide) groups is 1. The molecule has 0 aromatic heterocycles. The Bertz CT molecular complexity index is 1540. The zero-order valence-corrected chi connectivity index (χ0v) is 24.4. The van der Waals surface area contributed by atoms with Gasteiger partial charge in [0.25, 0.3) is 5.91 Å². The summed E-state index contributed by atoms with van der Waals surface area (Å²) in [4.78, 5) is 38.8. The first kappa shape index (κ1) is 30.4. The van der Waals surface area contributed by atoms with Crippen LogP contribution in [0.25, 0.3) is 11.1 Å². The number of aromatic carboxylic acids is 1. The Kier molecular flexibility index (Phi) is 10.4. The molecule has 0 aliphatic carbocycles. The summed E-state index contributed by atoms with van der Waals surface area (Å²) in [6, 6.07) is 29.3. The molecule has 0 aliphatic rings. The van der Waals surface area contributed by atoms with E-state index in [0.29, 0.717) is 30.8 Å². The van der Waals surface area contributed by atoms with E-state index in [4.69, 9.17) is 0 Å². The van der Waals surface area contributed by atoms with Gasteiger partial charge in [-0.2, -0.15) is 11.8 Å². The lowest BCUT2D eigenvalue weighted by molar-refractivity contribution is -0.139. The fourth-order valence-electron chi connectivity index (χ4n) is 4.79. The maximum atomic E-state index is 13.5. The van der Waals surface area contributed by atoms with Crippen LogP contribution in [0.2, 0.25) is 0 Å². The molecule has 0 radical (unpaired) electrons. The summed E-state index contributed by atoms with van der Waals surface area (Å²) < 4.78 is 0. The van der Waals surface area contributed by atoms with Crippen LogP contribution in [0.1, 0.15) is 43.8 Å². The van der Waals surface area contributed by atoms with Gasteiger partial charge in [-0.15, -0.1) is 0 Å². The summed E-state index contributed by atoms with van der Waals surface area (Å²) in [6.45, 7) is 3.05. The lowest BCUT2D eigenvalue weighted by Gasteiger charge is -2.26. The number of hydrogen-bond donors (Lipinski definition) is 3. The van der Waals surface area contributed by atoms with Gasteiger partial charge in [-0.1, -0.05) is 60.7 Å². The molecule has 4 aromatic rings. The maximum absolute atomic E-state index is 13.5. The number of rotatable bonds is 13. The molecule has 8 heteroatoms. The van der Waals surface area contributed by atoms with Crippen LogP contribution in [-0.4, -0.2) is 46.1 Å². The smallest absolute Gasteiger partial charge is 0.335 e. The third kappa shape index (κ3) is 7.79. The van der Waals surface area contributed by atoms with E-state index < -0.39 is 23.9 Å². The molecule has 42 heavy (non-hydrogen) atoms. The number of carboxylic acid groups (broad SMARTS) is 2. The quantitative estimate of drug-likeness (QED) is 0.165. The van der Waals surface area contributed by atoms with Gasteiger partial charge in [0.05, 0.1) is 5.56 Å². The number of anilines is 1. The van der Waals surface area contributed by atoms with Crippen molar-refractivity contribution >= 4 is 35.3 Å². The Hall–Kier alpha value is -4.56. The minimum Gasteiger partial charge on any atom is -0.480 e. The predicted molar refractivity (Wildman–Crippen MR) is 168 cm³/mol. The predicted octanol–water partition coefficient (Wildman–Crippen LogP) is 6.50. The van der Waals surface area contributed by atoms with Crippen molar-refractivity contribution < 1.29 is 24.6 Å². The molecule has 0 heterocycles. The number of aliphatic carboxylic acids is 1. The minimum absolute atomic E-state index is 0.236. The molecule has 7 nitrogen and oxygen atoms in total. The Morgan fingerprint density at radius 2 is 1.45 bits per heavy atom. The van der Waals surface area contributed by atoms with Gasteiger partial charge in [-0.05, 0) is 89.6 Å². The van der Waals surface area contributed by atoms with Gasteiger partial charge in [0.1, 0.15) is 6.04 Å². The van der Waals surface area contributed by atoms with E-state index >= 15 is 0 Å². The van der Waals surface area contributed by atoms with E-state index in [2.05, 4.69) is 10.2 Å². The number of nitrogens with zero attached hydrogens (tertiary/aromatic N) is 1. The minimum atomic E-state index is -1.05. The van der Waals surface area contributed by atoms with Crippen molar-refractivity contribution in [3.63, 3.8) is 0 Å². The van der Waals surface area contributed by atoms with Crippen LogP contribution in [0.4, 0.5) is 5.69 Å². The zero-order chi connectivity index (χ0) is 30.1. The van der Waals surface area contributed by atoms with Crippen molar-refractivity contribution in [2.45, 2.75) is 32.5 Å². The van der Waals surface area contributed by atoms with Crippen molar-refractivity contribution in [3.8, 4) is 11.1 Å². The SMILES string of the molecule is CSCC[C@H](NC(=O)c1ccc(CN(Cc2ccc(C(=O)O)cc2)c2ccccc2)cc1-c1ccccc1C)C(=O)O. The van der Waals surface area contributed by atoms with Crippen molar-refractivity contribution in [3.05, 3.63) is 125 Å². The number of nitrogens with one attached hydrogen (secondary N) is 1. The number of amides is 1. The van der Waals surface area contributed by atoms with Gasteiger partial charge in [0, 0.05) is 24.3 Å². The van der Waals surface area contributed by atoms with Crippen molar-refractivity contribution in [2.24, 2.45) is 0 Å². The standard InChI is InChI=1S/C34H34N2O5S/c1-23-8-6-7-11-28(23)30-20-25(14-17-29(30)32(37)35-31(34(40)41)18-19-42-2)22-36(27-9-4-3-5-10-27)21-24-12-15-26(16-13-24)33(38)39/h3-17,20,31H,18-19,21-22H2,1-2H3,(H,35,37)(H,38,39)(H,40,41)/t31-/m0/s1. The van der Waals surface area contributed by atoms with Gasteiger partial charge < -0.3 is 20.4 Å². The second kappa shape index (κ2) is 14.4. The van der Waals surface area contributed by atoms with Crippen molar-refractivity contribution in [2.75, 3.05) is 16.9 Å². The van der Waals surface area contributed by atoms with Crippen LogP contribution < -0.4 is 10.2 Å². The third-order valence-electron chi connectivity index (χ3n) is 7.05. The molecule has 4 rings (SSSR count). The van der Waals surface area contributed by atoms with Crippen molar-refractivity contribution in [1.29, 1.82) is 0 Å². The van der Waals surface area contributed by atoms with Gasteiger partial charge in [0.15, 0.2) is 0 Å². The van der Waals surface area contributed by atoms with Gasteiger partial charge >= 0.3 is 11.9 Å². The number of carbonyl (C=O) groups is 3. The second-order valence-corrected chi connectivity index (χ2v) is 11.0. The summed E-state index contributed by atoms with van der Waals surface area (Å²) >= 11 is 1.53. The number of hydrogen-bond acceptors (Lipinski definition) is 5. The highest BCUT2D eigenvalue weighted by Crippen LogP contribution is 2.30. The monoisotopic (exact) mass is 582 g/mol. The molecular weight excluding hydrogens is 548 g/mol. The Morgan fingerprint density at radius 1 is 0.810 bits per heavy atom. The molecule has 1 amide bonds. The van der Waals surface area contributed by atoms with Crippen LogP contribution in [0.5, 0.6) is 0 Å². The largest absolute Gasteiger partial charge is 0.480 e. The number of carbonyl (C=O) groups excluding carboxylic acids is 1. The molecule has 1 atom stereocenters. The molecule has 216 valence electrons. The molecule has 0 saturated heterocycles. The van der Waals surface area contributed by atoms with E-state index in [1.807, 2.05) is 92.0 Å². The third-order valence-corrected chi connectivity index (χ3v) is 7.69. The average Bonchev–Trinajstić information content (AvgIpc) is 2.99. The fraction of sp³-hybridized carbons (Fsp3) is 0.206. The molecule has 4 aromatic carbocycles. The summed E-state index contributed by atoms with van der Waals surface area (Å²) in [7, 11) is 0. The number of benzene rings is 4. The number of carboxylic acids is 2. The molecule has 0 fully saturated rings. The van der Waals surface area contributed by atoms with E-state index in [-0.39, 0.29) is 5.56 Å². The molecular formula is C34H34N2O5S. The fourth-order valence-corrected chi connectivity index (χ4v) is 5.26. The highest BCUT2D eigenvalue weighted by molar-refractivity contribution is 7.98. The van der Waals surface area contributed by atoms with Crippen LogP contribution in [-0.2, 0) is 17.9 Å².